The minimum atomic E-state index is -0.233. The zero-order valence-corrected chi connectivity index (χ0v) is 12.1. The van der Waals surface area contributed by atoms with Gasteiger partial charge >= 0.3 is 0 Å². The Morgan fingerprint density at radius 3 is 2.79 bits per heavy atom. The molecule has 0 amide bonds. The molecule has 0 radical (unpaired) electrons. The lowest BCUT2D eigenvalue weighted by molar-refractivity contribution is 0.598. The number of aryl methyl sites for hydroxylation is 1. The topological polar surface area (TPSA) is 38.9 Å². The monoisotopic (exact) mass is 322 g/mol. The summed E-state index contributed by atoms with van der Waals surface area (Å²) in [6.07, 6.45) is 6.04. The average Bonchev–Trinajstić information content (AvgIpc) is 2.36. The Kier molecular flexibility index (Phi) is 5.05. The van der Waals surface area contributed by atoms with Gasteiger partial charge in [-0.3, -0.25) is 4.98 Å². The molecular formula is C15H16BrFN2. The first-order chi connectivity index (χ1) is 9.13. The molecule has 2 aromatic rings. The Balaban J connectivity index is 1.89. The van der Waals surface area contributed by atoms with Crippen LogP contribution in [-0.2, 0) is 12.8 Å². The number of nitrogens with zero attached hydrogens (tertiary/aromatic N) is 1. The first-order valence-corrected chi connectivity index (χ1v) is 7.02. The van der Waals surface area contributed by atoms with Crippen molar-refractivity contribution in [3.8, 4) is 0 Å². The standard InChI is InChI=1S/C15H16BrFN2/c16-13-6-12(7-14(17)9-13)8-15(18)4-3-11-2-1-5-19-10-11/h1-2,5-7,9-10,15H,3-4,8,18H2. The van der Waals surface area contributed by atoms with Gasteiger partial charge < -0.3 is 5.73 Å². The molecule has 19 heavy (non-hydrogen) atoms. The molecule has 2 nitrogen and oxygen atoms in total. The zero-order valence-electron chi connectivity index (χ0n) is 10.5. The highest BCUT2D eigenvalue weighted by Gasteiger charge is 2.07. The highest BCUT2D eigenvalue weighted by molar-refractivity contribution is 9.10. The van der Waals surface area contributed by atoms with E-state index in [1.165, 1.54) is 17.7 Å². The number of pyridine rings is 1. The Morgan fingerprint density at radius 2 is 2.11 bits per heavy atom. The predicted molar refractivity (Wildman–Crippen MR) is 78.3 cm³/mol. The number of aromatic nitrogens is 1. The second-order valence-corrected chi connectivity index (χ2v) is 5.56. The lowest BCUT2D eigenvalue weighted by Crippen LogP contribution is -2.23. The van der Waals surface area contributed by atoms with Crippen molar-refractivity contribution in [2.75, 3.05) is 0 Å². The van der Waals surface area contributed by atoms with Crippen LogP contribution in [0.4, 0.5) is 4.39 Å². The summed E-state index contributed by atoms with van der Waals surface area (Å²) < 4.78 is 14.0. The average molecular weight is 323 g/mol. The summed E-state index contributed by atoms with van der Waals surface area (Å²) in [5.41, 5.74) is 8.20. The SMILES string of the molecule is NC(CCc1cccnc1)Cc1cc(F)cc(Br)c1. The van der Waals surface area contributed by atoms with Crippen LogP contribution in [0.15, 0.2) is 47.2 Å². The summed E-state index contributed by atoms with van der Waals surface area (Å²) in [5, 5.41) is 0. The first kappa shape index (κ1) is 14.2. The van der Waals surface area contributed by atoms with Gasteiger partial charge in [0.15, 0.2) is 0 Å². The molecule has 0 aliphatic rings. The largest absolute Gasteiger partial charge is 0.327 e. The maximum absolute atomic E-state index is 13.3. The third-order valence-electron chi connectivity index (χ3n) is 2.95. The molecule has 0 saturated heterocycles. The molecule has 1 aromatic heterocycles. The fourth-order valence-electron chi connectivity index (χ4n) is 2.03. The van der Waals surface area contributed by atoms with E-state index >= 15 is 0 Å². The highest BCUT2D eigenvalue weighted by Crippen LogP contribution is 2.16. The normalized spacial score (nSPS) is 12.4. The van der Waals surface area contributed by atoms with Crippen molar-refractivity contribution in [2.45, 2.75) is 25.3 Å². The van der Waals surface area contributed by atoms with Crippen LogP contribution in [0.1, 0.15) is 17.5 Å². The van der Waals surface area contributed by atoms with E-state index in [4.69, 9.17) is 5.73 Å². The summed E-state index contributed by atoms with van der Waals surface area (Å²) in [6.45, 7) is 0. The Bertz CT molecular complexity index is 511. The molecule has 2 rings (SSSR count). The van der Waals surface area contributed by atoms with Crippen LogP contribution in [0, 0.1) is 5.82 Å². The van der Waals surface area contributed by atoms with Crippen LogP contribution in [-0.4, -0.2) is 11.0 Å². The molecule has 100 valence electrons. The zero-order chi connectivity index (χ0) is 13.7. The van der Waals surface area contributed by atoms with Gasteiger partial charge in [-0.05, 0) is 54.7 Å². The van der Waals surface area contributed by atoms with Gasteiger partial charge in [0.05, 0.1) is 0 Å². The minimum absolute atomic E-state index is 0.0221. The minimum Gasteiger partial charge on any atom is -0.327 e. The fourth-order valence-corrected chi connectivity index (χ4v) is 2.54. The molecule has 0 fully saturated rings. The number of benzene rings is 1. The van der Waals surface area contributed by atoms with Crippen LogP contribution >= 0.6 is 15.9 Å². The van der Waals surface area contributed by atoms with Gasteiger partial charge in [-0.15, -0.1) is 0 Å². The van der Waals surface area contributed by atoms with E-state index in [2.05, 4.69) is 20.9 Å². The summed E-state index contributed by atoms with van der Waals surface area (Å²) in [5.74, 6) is -0.233. The molecule has 4 heteroatoms. The number of hydrogen-bond donors (Lipinski definition) is 1. The number of nitrogens with two attached hydrogens (primary N) is 1. The third kappa shape index (κ3) is 4.73. The number of hydrogen-bond acceptors (Lipinski definition) is 2. The molecule has 0 aliphatic heterocycles. The van der Waals surface area contributed by atoms with Crippen LogP contribution in [0.5, 0.6) is 0 Å². The van der Waals surface area contributed by atoms with Crippen molar-refractivity contribution >= 4 is 15.9 Å². The number of halogens is 2. The highest BCUT2D eigenvalue weighted by atomic mass is 79.9. The second kappa shape index (κ2) is 6.78. The van der Waals surface area contributed by atoms with Gasteiger partial charge in [0.25, 0.3) is 0 Å². The molecule has 1 unspecified atom stereocenters. The smallest absolute Gasteiger partial charge is 0.124 e. The fraction of sp³-hybridized carbons (Fsp3) is 0.267. The lowest BCUT2D eigenvalue weighted by atomic mass is 10.0. The van der Waals surface area contributed by atoms with Crippen molar-refractivity contribution in [1.82, 2.24) is 4.98 Å². The van der Waals surface area contributed by atoms with Crippen LogP contribution in [0.25, 0.3) is 0 Å². The van der Waals surface area contributed by atoms with E-state index in [-0.39, 0.29) is 11.9 Å². The predicted octanol–water partition coefficient (Wildman–Crippen LogP) is 3.49. The van der Waals surface area contributed by atoms with Crippen molar-refractivity contribution < 1.29 is 4.39 Å². The van der Waals surface area contributed by atoms with Crippen molar-refractivity contribution in [3.05, 3.63) is 64.1 Å². The maximum atomic E-state index is 13.3. The van der Waals surface area contributed by atoms with E-state index in [0.29, 0.717) is 6.42 Å². The molecule has 2 N–H and O–H groups in total. The van der Waals surface area contributed by atoms with Gasteiger partial charge in [0.1, 0.15) is 5.82 Å². The van der Waals surface area contributed by atoms with Gasteiger partial charge in [0, 0.05) is 22.9 Å². The van der Waals surface area contributed by atoms with E-state index in [1.54, 1.807) is 6.20 Å². The summed E-state index contributed by atoms with van der Waals surface area (Å²) in [7, 11) is 0. The Labute approximate surface area is 121 Å². The summed E-state index contributed by atoms with van der Waals surface area (Å²) in [6, 6.07) is 8.88. The molecule has 0 spiro atoms. The summed E-state index contributed by atoms with van der Waals surface area (Å²) >= 11 is 3.29. The van der Waals surface area contributed by atoms with Crippen molar-refractivity contribution in [3.63, 3.8) is 0 Å². The van der Waals surface area contributed by atoms with Gasteiger partial charge in [-0.2, -0.15) is 0 Å². The van der Waals surface area contributed by atoms with E-state index in [0.717, 1.165) is 22.9 Å². The van der Waals surface area contributed by atoms with Crippen molar-refractivity contribution in [2.24, 2.45) is 5.73 Å². The number of rotatable bonds is 5. The molecular weight excluding hydrogens is 307 g/mol. The Hall–Kier alpha value is -1.26. The van der Waals surface area contributed by atoms with Crippen molar-refractivity contribution in [1.29, 1.82) is 0 Å². The van der Waals surface area contributed by atoms with E-state index in [9.17, 15) is 4.39 Å². The quantitative estimate of drug-likeness (QED) is 0.915. The molecule has 1 heterocycles. The third-order valence-corrected chi connectivity index (χ3v) is 3.40. The van der Waals surface area contributed by atoms with Gasteiger partial charge in [0.2, 0.25) is 0 Å². The maximum Gasteiger partial charge on any atom is 0.124 e. The summed E-state index contributed by atoms with van der Waals surface area (Å²) in [4.78, 5) is 4.07. The molecule has 1 aromatic carbocycles. The molecule has 0 saturated carbocycles. The second-order valence-electron chi connectivity index (χ2n) is 4.64. The molecule has 0 aliphatic carbocycles. The molecule has 1 atom stereocenters. The first-order valence-electron chi connectivity index (χ1n) is 6.23. The van der Waals surface area contributed by atoms with E-state index in [1.807, 2.05) is 24.4 Å². The Morgan fingerprint density at radius 1 is 1.26 bits per heavy atom. The van der Waals surface area contributed by atoms with Crippen LogP contribution in [0.3, 0.4) is 0 Å². The van der Waals surface area contributed by atoms with Crippen LogP contribution < -0.4 is 5.73 Å². The van der Waals surface area contributed by atoms with E-state index < -0.39 is 0 Å². The van der Waals surface area contributed by atoms with Gasteiger partial charge in [-0.25, -0.2) is 4.39 Å². The van der Waals surface area contributed by atoms with Gasteiger partial charge in [-0.1, -0.05) is 22.0 Å². The lowest BCUT2D eigenvalue weighted by Gasteiger charge is -2.12. The van der Waals surface area contributed by atoms with Crippen LogP contribution in [0.2, 0.25) is 0 Å². The molecule has 0 bridgehead atoms.